The molecule has 8 heteroatoms. The molecule has 0 bridgehead atoms. The van der Waals surface area contributed by atoms with Crippen molar-refractivity contribution in [3.05, 3.63) is 16.6 Å². The van der Waals surface area contributed by atoms with E-state index in [9.17, 15) is 9.59 Å². The Morgan fingerprint density at radius 2 is 2.23 bits per heavy atom. The van der Waals surface area contributed by atoms with E-state index in [0.717, 1.165) is 37.5 Å². The first kappa shape index (κ1) is 17.9. The fourth-order valence-electron chi connectivity index (χ4n) is 4.32. The third kappa shape index (κ3) is 3.63. The second-order valence-corrected chi connectivity index (χ2v) is 8.65. The molecule has 26 heavy (non-hydrogen) atoms. The molecule has 1 aromatic heterocycles. The van der Waals surface area contributed by atoms with Crippen molar-refractivity contribution in [2.45, 2.75) is 31.8 Å². The largest absolute Gasteiger partial charge is 0.370 e. The number of hydrogen-bond donors (Lipinski definition) is 0. The number of rotatable bonds is 5. The minimum absolute atomic E-state index is 0.0726. The van der Waals surface area contributed by atoms with E-state index in [-0.39, 0.29) is 25.0 Å². The zero-order valence-electron chi connectivity index (χ0n) is 15.2. The number of thiazole rings is 1. The van der Waals surface area contributed by atoms with Crippen molar-refractivity contribution in [2.75, 3.05) is 46.4 Å². The predicted molar refractivity (Wildman–Crippen MR) is 97.6 cm³/mol. The molecule has 1 spiro atoms. The number of morpholine rings is 1. The van der Waals surface area contributed by atoms with Crippen molar-refractivity contribution < 1.29 is 14.3 Å². The van der Waals surface area contributed by atoms with Crippen molar-refractivity contribution in [1.29, 1.82) is 0 Å². The van der Waals surface area contributed by atoms with E-state index in [1.54, 1.807) is 16.2 Å². The predicted octanol–water partition coefficient (Wildman–Crippen LogP) is 0.815. The molecule has 0 radical (unpaired) electrons. The quantitative estimate of drug-likeness (QED) is 0.759. The lowest BCUT2D eigenvalue weighted by Crippen LogP contribution is -2.50. The third-order valence-electron chi connectivity index (χ3n) is 6.07. The second-order valence-electron chi connectivity index (χ2n) is 7.67. The van der Waals surface area contributed by atoms with Gasteiger partial charge in [0.1, 0.15) is 11.6 Å². The zero-order chi connectivity index (χ0) is 18.1. The maximum absolute atomic E-state index is 12.5. The van der Waals surface area contributed by atoms with Crippen molar-refractivity contribution in [2.24, 2.45) is 5.41 Å². The molecule has 0 aromatic carbocycles. The molecule has 3 fully saturated rings. The fraction of sp³-hybridized carbons (Fsp3) is 0.722. The van der Waals surface area contributed by atoms with Gasteiger partial charge in [-0.05, 0) is 31.7 Å². The molecule has 1 saturated carbocycles. The van der Waals surface area contributed by atoms with Gasteiger partial charge in [-0.15, -0.1) is 11.3 Å². The van der Waals surface area contributed by atoms with Crippen LogP contribution in [-0.4, -0.2) is 84.0 Å². The van der Waals surface area contributed by atoms with Gasteiger partial charge < -0.3 is 14.5 Å². The van der Waals surface area contributed by atoms with E-state index in [1.807, 2.05) is 16.5 Å². The number of amides is 2. The molecule has 2 aliphatic heterocycles. The minimum atomic E-state index is -0.0795. The summed E-state index contributed by atoms with van der Waals surface area (Å²) >= 11 is 1.71. The molecule has 1 aliphatic carbocycles. The standard InChI is InChI=1S/C18H26N4O3S/c1-20(11-15-19-4-9-26-15)14-10-18(14)2-5-21(6-3-18)16(23)12-22-7-8-25-13-17(22)24/h4,9,14H,2-3,5-8,10-13H2,1H3. The van der Waals surface area contributed by atoms with E-state index >= 15 is 0 Å². The first-order valence-corrected chi connectivity index (χ1v) is 10.2. The smallest absolute Gasteiger partial charge is 0.249 e. The summed E-state index contributed by atoms with van der Waals surface area (Å²) in [5.74, 6) is -0.00686. The van der Waals surface area contributed by atoms with E-state index in [4.69, 9.17) is 4.74 Å². The second kappa shape index (κ2) is 7.25. The van der Waals surface area contributed by atoms with Gasteiger partial charge in [-0.3, -0.25) is 14.5 Å². The van der Waals surface area contributed by atoms with Crippen molar-refractivity contribution >= 4 is 23.2 Å². The van der Waals surface area contributed by atoms with Gasteiger partial charge in [0, 0.05) is 37.3 Å². The summed E-state index contributed by atoms with van der Waals surface area (Å²) < 4.78 is 5.12. The van der Waals surface area contributed by atoms with Crippen LogP contribution >= 0.6 is 11.3 Å². The minimum Gasteiger partial charge on any atom is -0.370 e. The Labute approximate surface area is 157 Å². The summed E-state index contributed by atoms with van der Waals surface area (Å²) in [4.78, 5) is 34.7. The van der Waals surface area contributed by atoms with Gasteiger partial charge in [0.2, 0.25) is 11.8 Å². The Bertz CT molecular complexity index is 657. The number of nitrogens with zero attached hydrogens (tertiary/aromatic N) is 4. The van der Waals surface area contributed by atoms with E-state index < -0.39 is 0 Å². The number of carbonyl (C=O) groups excluding carboxylic acids is 2. The van der Waals surface area contributed by atoms with Crippen LogP contribution in [0.15, 0.2) is 11.6 Å². The average molecular weight is 378 g/mol. The van der Waals surface area contributed by atoms with Crippen LogP contribution in [0.2, 0.25) is 0 Å². The van der Waals surface area contributed by atoms with Crippen LogP contribution < -0.4 is 0 Å². The number of hydrogen-bond acceptors (Lipinski definition) is 6. The zero-order valence-corrected chi connectivity index (χ0v) is 16.0. The summed E-state index contributed by atoms with van der Waals surface area (Å²) in [6, 6.07) is 0.601. The maximum atomic E-state index is 12.5. The Balaban J connectivity index is 1.25. The molecule has 2 saturated heterocycles. The number of likely N-dealkylation sites (tertiary alicyclic amines) is 1. The summed E-state index contributed by atoms with van der Waals surface area (Å²) in [5, 5.41) is 3.19. The van der Waals surface area contributed by atoms with Crippen LogP contribution in [0.5, 0.6) is 0 Å². The van der Waals surface area contributed by atoms with Crippen molar-refractivity contribution in [3.8, 4) is 0 Å². The molecule has 1 unspecified atom stereocenters. The lowest BCUT2D eigenvalue weighted by molar-refractivity contribution is -0.149. The van der Waals surface area contributed by atoms with Gasteiger partial charge in [0.15, 0.2) is 0 Å². The number of aromatic nitrogens is 1. The topological polar surface area (TPSA) is 66.0 Å². The summed E-state index contributed by atoms with van der Waals surface area (Å²) in [7, 11) is 2.18. The van der Waals surface area contributed by atoms with Gasteiger partial charge >= 0.3 is 0 Å². The molecular weight excluding hydrogens is 352 g/mol. The molecular formula is C18H26N4O3S. The molecule has 0 N–H and O–H groups in total. The molecule has 3 heterocycles. The van der Waals surface area contributed by atoms with E-state index in [0.29, 0.717) is 24.6 Å². The van der Waals surface area contributed by atoms with Crippen molar-refractivity contribution in [1.82, 2.24) is 19.7 Å². The van der Waals surface area contributed by atoms with Crippen LogP contribution in [0.25, 0.3) is 0 Å². The average Bonchev–Trinajstić information content (AvgIpc) is 3.09. The van der Waals surface area contributed by atoms with E-state index in [2.05, 4.69) is 16.9 Å². The van der Waals surface area contributed by atoms with Crippen LogP contribution in [0.1, 0.15) is 24.3 Å². The van der Waals surface area contributed by atoms with Gasteiger partial charge in [0.05, 0.1) is 19.7 Å². The molecule has 3 aliphatic rings. The summed E-state index contributed by atoms with van der Waals surface area (Å²) in [6.45, 7) is 3.86. The van der Waals surface area contributed by atoms with Gasteiger partial charge in [-0.25, -0.2) is 4.98 Å². The Morgan fingerprint density at radius 3 is 2.92 bits per heavy atom. The summed E-state index contributed by atoms with van der Waals surface area (Å²) in [6.07, 6.45) is 5.20. The lowest BCUT2D eigenvalue weighted by Gasteiger charge is -2.35. The first-order valence-electron chi connectivity index (χ1n) is 9.29. The Morgan fingerprint density at radius 1 is 1.42 bits per heavy atom. The Kier molecular flexibility index (Phi) is 4.98. The Hall–Kier alpha value is -1.51. The number of piperidine rings is 1. The van der Waals surface area contributed by atoms with Gasteiger partial charge in [0.25, 0.3) is 0 Å². The van der Waals surface area contributed by atoms with Crippen LogP contribution in [-0.2, 0) is 20.9 Å². The number of carbonyl (C=O) groups is 2. The summed E-state index contributed by atoms with van der Waals surface area (Å²) in [5.41, 5.74) is 0.373. The highest BCUT2D eigenvalue weighted by molar-refractivity contribution is 7.09. The number of ether oxygens (including phenoxy) is 1. The molecule has 1 aromatic rings. The lowest BCUT2D eigenvalue weighted by atomic mass is 9.92. The van der Waals surface area contributed by atoms with Crippen LogP contribution in [0.4, 0.5) is 0 Å². The highest BCUT2D eigenvalue weighted by Crippen LogP contribution is 2.56. The van der Waals surface area contributed by atoms with Crippen LogP contribution in [0, 0.1) is 5.41 Å². The molecule has 2 amide bonds. The molecule has 7 nitrogen and oxygen atoms in total. The monoisotopic (exact) mass is 378 g/mol. The highest BCUT2D eigenvalue weighted by Gasteiger charge is 2.56. The van der Waals surface area contributed by atoms with Gasteiger partial charge in [-0.2, -0.15) is 0 Å². The third-order valence-corrected chi connectivity index (χ3v) is 6.83. The van der Waals surface area contributed by atoms with Gasteiger partial charge in [-0.1, -0.05) is 0 Å². The van der Waals surface area contributed by atoms with Crippen LogP contribution in [0.3, 0.4) is 0 Å². The molecule has 1 atom stereocenters. The van der Waals surface area contributed by atoms with Crippen molar-refractivity contribution in [3.63, 3.8) is 0 Å². The normalized spacial score (nSPS) is 25.2. The highest BCUT2D eigenvalue weighted by atomic mass is 32.1. The molecule has 142 valence electrons. The first-order chi connectivity index (χ1) is 12.6. The van der Waals surface area contributed by atoms with E-state index in [1.165, 1.54) is 6.42 Å². The fourth-order valence-corrected chi connectivity index (χ4v) is 5.00. The SMILES string of the molecule is CN(Cc1nccs1)C1CC12CCN(C(=O)CN1CCOCC1=O)CC2. The maximum Gasteiger partial charge on any atom is 0.249 e. The molecule has 4 rings (SSSR count).